The Morgan fingerprint density at radius 3 is 2.61 bits per heavy atom. The summed E-state index contributed by atoms with van der Waals surface area (Å²) in [4.78, 5) is 21.1. The molecule has 5 nitrogen and oxygen atoms in total. The lowest BCUT2D eigenvalue weighted by atomic mass is 10.2. The van der Waals surface area contributed by atoms with E-state index in [4.69, 9.17) is 0 Å². The number of carbonyl (C=O) groups excluding carboxylic acids is 1. The number of nitrogens with one attached hydrogen (secondary N) is 2. The van der Waals surface area contributed by atoms with E-state index < -0.39 is 0 Å². The third-order valence-electron chi connectivity index (χ3n) is 4.32. The summed E-state index contributed by atoms with van der Waals surface area (Å²) in [5.74, 6) is 0.0210. The van der Waals surface area contributed by atoms with E-state index in [1.807, 2.05) is 30.3 Å². The van der Waals surface area contributed by atoms with Gasteiger partial charge in [0.05, 0.1) is 16.8 Å². The molecule has 6 heteroatoms. The third kappa shape index (κ3) is 3.81. The second-order valence-electron chi connectivity index (χ2n) is 6.21. The summed E-state index contributed by atoms with van der Waals surface area (Å²) < 4.78 is 13.7. The number of fused-ring (bicyclic) bond motifs is 1. The van der Waals surface area contributed by atoms with Crippen LogP contribution >= 0.6 is 0 Å². The number of amides is 1. The molecule has 2 aromatic heterocycles. The third-order valence-corrected chi connectivity index (χ3v) is 4.32. The number of nitrogens with zero attached hydrogens (tertiary/aromatic N) is 2. The molecule has 0 atom stereocenters. The van der Waals surface area contributed by atoms with Crippen LogP contribution in [0, 0.1) is 5.82 Å². The Kier molecular flexibility index (Phi) is 4.93. The van der Waals surface area contributed by atoms with Crippen molar-refractivity contribution in [1.82, 2.24) is 9.97 Å². The lowest BCUT2D eigenvalue weighted by molar-refractivity contribution is 0.102. The minimum absolute atomic E-state index is 0.269. The topological polar surface area (TPSA) is 66.9 Å². The highest BCUT2D eigenvalue weighted by Gasteiger charge is 2.10. The van der Waals surface area contributed by atoms with E-state index in [9.17, 15) is 9.18 Å². The number of halogens is 1. The number of aromatic nitrogens is 2. The normalized spacial score (nSPS) is 10.6. The van der Waals surface area contributed by atoms with Crippen LogP contribution in [-0.4, -0.2) is 15.9 Å². The first-order valence-electron chi connectivity index (χ1n) is 8.79. The van der Waals surface area contributed by atoms with Crippen molar-refractivity contribution in [3.05, 3.63) is 96.1 Å². The van der Waals surface area contributed by atoms with Gasteiger partial charge in [-0.05, 0) is 30.3 Å². The smallest absolute Gasteiger partial charge is 0.257 e. The van der Waals surface area contributed by atoms with E-state index in [1.165, 1.54) is 12.3 Å². The van der Waals surface area contributed by atoms with Gasteiger partial charge in [0.25, 0.3) is 5.91 Å². The van der Waals surface area contributed by atoms with Crippen LogP contribution in [0.15, 0.2) is 79.1 Å². The fourth-order valence-corrected chi connectivity index (χ4v) is 2.86. The zero-order chi connectivity index (χ0) is 19.3. The molecule has 138 valence electrons. The zero-order valence-corrected chi connectivity index (χ0v) is 14.9. The molecule has 0 saturated carbocycles. The summed E-state index contributed by atoms with van der Waals surface area (Å²) in [5, 5.41) is 6.87. The van der Waals surface area contributed by atoms with Crippen molar-refractivity contribution in [2.75, 3.05) is 10.6 Å². The van der Waals surface area contributed by atoms with Gasteiger partial charge in [-0.25, -0.2) is 9.37 Å². The second-order valence-corrected chi connectivity index (χ2v) is 6.21. The quantitative estimate of drug-likeness (QED) is 0.536. The molecular formula is C22H17FN4O. The molecule has 2 heterocycles. The first-order chi connectivity index (χ1) is 13.7. The van der Waals surface area contributed by atoms with Gasteiger partial charge >= 0.3 is 0 Å². The summed E-state index contributed by atoms with van der Waals surface area (Å²) >= 11 is 0. The minimum Gasteiger partial charge on any atom is -0.366 e. The van der Waals surface area contributed by atoms with Crippen molar-refractivity contribution in [3.63, 3.8) is 0 Å². The van der Waals surface area contributed by atoms with E-state index in [2.05, 4.69) is 20.6 Å². The summed E-state index contributed by atoms with van der Waals surface area (Å²) in [5.41, 5.74) is 2.35. The average Bonchev–Trinajstić information content (AvgIpc) is 2.74. The van der Waals surface area contributed by atoms with Gasteiger partial charge in [-0.3, -0.25) is 9.78 Å². The van der Waals surface area contributed by atoms with Gasteiger partial charge in [0, 0.05) is 29.9 Å². The van der Waals surface area contributed by atoms with Crippen LogP contribution < -0.4 is 10.6 Å². The van der Waals surface area contributed by atoms with Crippen LogP contribution in [0.1, 0.15) is 15.9 Å². The van der Waals surface area contributed by atoms with E-state index in [1.54, 1.807) is 36.5 Å². The Balaban J connectivity index is 1.44. The summed E-state index contributed by atoms with van der Waals surface area (Å²) in [7, 11) is 0. The Labute approximate surface area is 161 Å². The molecule has 0 aliphatic carbocycles. The van der Waals surface area contributed by atoms with E-state index >= 15 is 0 Å². The Morgan fingerprint density at radius 1 is 0.929 bits per heavy atom. The maximum Gasteiger partial charge on any atom is 0.257 e. The number of pyridine rings is 2. The van der Waals surface area contributed by atoms with Crippen LogP contribution in [0.2, 0.25) is 0 Å². The van der Waals surface area contributed by atoms with Gasteiger partial charge in [0.15, 0.2) is 0 Å². The molecule has 0 bridgehead atoms. The number of benzene rings is 2. The van der Waals surface area contributed by atoms with Gasteiger partial charge in [-0.1, -0.05) is 36.4 Å². The minimum atomic E-state index is -0.272. The number of anilines is 2. The van der Waals surface area contributed by atoms with Crippen molar-refractivity contribution >= 4 is 28.3 Å². The maximum atomic E-state index is 13.7. The largest absolute Gasteiger partial charge is 0.366 e. The fraction of sp³-hybridized carbons (Fsp3) is 0.0455. The number of hydrogen-bond donors (Lipinski definition) is 2. The maximum absolute atomic E-state index is 13.7. The van der Waals surface area contributed by atoms with Crippen molar-refractivity contribution in [1.29, 1.82) is 0 Å². The van der Waals surface area contributed by atoms with Crippen molar-refractivity contribution in [2.24, 2.45) is 0 Å². The van der Waals surface area contributed by atoms with E-state index in [0.717, 1.165) is 10.9 Å². The lowest BCUT2D eigenvalue weighted by Crippen LogP contribution is -2.13. The van der Waals surface area contributed by atoms with Crippen LogP contribution in [0.3, 0.4) is 0 Å². The van der Waals surface area contributed by atoms with Crippen LogP contribution in [0.5, 0.6) is 0 Å². The highest BCUT2D eigenvalue weighted by atomic mass is 19.1. The highest BCUT2D eigenvalue weighted by molar-refractivity contribution is 6.08. The monoisotopic (exact) mass is 372 g/mol. The fourth-order valence-electron chi connectivity index (χ4n) is 2.86. The van der Waals surface area contributed by atoms with E-state index in [-0.39, 0.29) is 11.7 Å². The van der Waals surface area contributed by atoms with Crippen molar-refractivity contribution in [3.8, 4) is 0 Å². The predicted molar refractivity (Wildman–Crippen MR) is 108 cm³/mol. The Morgan fingerprint density at radius 2 is 1.79 bits per heavy atom. The number of para-hydroxylation sites is 1. The van der Waals surface area contributed by atoms with Crippen LogP contribution in [0.25, 0.3) is 10.9 Å². The van der Waals surface area contributed by atoms with E-state index in [0.29, 0.717) is 29.2 Å². The van der Waals surface area contributed by atoms with Gasteiger partial charge in [0.1, 0.15) is 11.6 Å². The van der Waals surface area contributed by atoms with Crippen molar-refractivity contribution in [2.45, 2.75) is 6.54 Å². The summed E-state index contributed by atoms with van der Waals surface area (Å²) in [6.07, 6.45) is 3.17. The van der Waals surface area contributed by atoms with Crippen LogP contribution in [0.4, 0.5) is 15.9 Å². The Hall–Kier alpha value is -3.80. The number of rotatable bonds is 5. The molecule has 0 radical (unpaired) electrons. The van der Waals surface area contributed by atoms with Gasteiger partial charge in [-0.2, -0.15) is 0 Å². The molecule has 2 N–H and O–H groups in total. The molecule has 4 rings (SSSR count). The van der Waals surface area contributed by atoms with Gasteiger partial charge < -0.3 is 10.6 Å². The molecule has 0 spiro atoms. The molecule has 0 saturated heterocycles. The molecule has 28 heavy (non-hydrogen) atoms. The summed E-state index contributed by atoms with van der Waals surface area (Å²) in [6.45, 7) is 0.312. The SMILES string of the molecule is O=C(Nc1cccc2cccnc12)c1ccc(NCc2ccccc2F)nc1. The first kappa shape index (κ1) is 17.6. The molecule has 4 aromatic rings. The van der Waals surface area contributed by atoms with Gasteiger partial charge in [-0.15, -0.1) is 0 Å². The molecular weight excluding hydrogens is 355 g/mol. The molecule has 0 aliphatic heterocycles. The summed E-state index contributed by atoms with van der Waals surface area (Å²) in [6, 6.07) is 19.3. The zero-order valence-electron chi connectivity index (χ0n) is 14.9. The van der Waals surface area contributed by atoms with Gasteiger partial charge in [0.2, 0.25) is 0 Å². The van der Waals surface area contributed by atoms with Crippen molar-refractivity contribution < 1.29 is 9.18 Å². The molecule has 1 amide bonds. The standard InChI is InChI=1S/C22H17FN4O/c23-18-8-2-1-5-16(18)13-25-20-11-10-17(14-26-20)22(28)27-19-9-3-6-15-7-4-12-24-21(15)19/h1-12,14H,13H2,(H,25,26)(H,27,28). The first-order valence-corrected chi connectivity index (χ1v) is 8.79. The molecule has 0 unspecified atom stereocenters. The lowest BCUT2D eigenvalue weighted by Gasteiger charge is -2.09. The highest BCUT2D eigenvalue weighted by Crippen LogP contribution is 2.21. The molecule has 0 fully saturated rings. The Bertz CT molecular complexity index is 1120. The molecule has 0 aliphatic rings. The number of carbonyl (C=O) groups is 1. The average molecular weight is 372 g/mol. The number of hydrogen-bond acceptors (Lipinski definition) is 4. The predicted octanol–water partition coefficient (Wildman–Crippen LogP) is 4.63. The van der Waals surface area contributed by atoms with Crippen LogP contribution in [-0.2, 0) is 6.54 Å². The second kappa shape index (κ2) is 7.84. The molecule has 2 aromatic carbocycles.